The van der Waals surface area contributed by atoms with Gasteiger partial charge in [-0.3, -0.25) is 0 Å². The van der Waals surface area contributed by atoms with E-state index in [4.69, 9.17) is 4.74 Å². The van der Waals surface area contributed by atoms with Crippen LogP contribution in [0.15, 0.2) is 0 Å². The average Bonchev–Trinajstić information content (AvgIpc) is 2.83. The fourth-order valence-electron chi connectivity index (χ4n) is 3.07. The molecule has 17 heavy (non-hydrogen) atoms. The molecule has 1 saturated carbocycles. The molecule has 0 unspecified atom stereocenters. The maximum atomic E-state index is 12.0. The number of nitrogens with zero attached hydrogens (tertiary/aromatic N) is 1. The normalized spacial score (nSPS) is 22.8. The number of ether oxygens (including phenoxy) is 1. The Morgan fingerprint density at radius 2 is 1.65 bits per heavy atom. The Kier molecular flexibility index (Phi) is 3.95. The van der Waals surface area contributed by atoms with Crippen molar-refractivity contribution < 1.29 is 9.53 Å². The molecule has 1 aliphatic heterocycles. The molecule has 3 heteroatoms. The molecular formula is C14H25NO2. The molecule has 2 rings (SSSR count). The van der Waals surface area contributed by atoms with E-state index in [2.05, 4.69) is 13.8 Å². The Bertz CT molecular complexity index is 263. The Morgan fingerprint density at radius 1 is 1.06 bits per heavy atom. The van der Waals surface area contributed by atoms with E-state index in [1.165, 1.54) is 32.1 Å². The molecule has 0 N–H and O–H groups in total. The van der Waals surface area contributed by atoms with Gasteiger partial charge >= 0.3 is 6.09 Å². The first-order valence-electron chi connectivity index (χ1n) is 7.07. The van der Waals surface area contributed by atoms with E-state index in [-0.39, 0.29) is 11.7 Å². The van der Waals surface area contributed by atoms with Gasteiger partial charge in [-0.2, -0.15) is 0 Å². The van der Waals surface area contributed by atoms with E-state index in [1.807, 2.05) is 4.90 Å². The predicted molar refractivity (Wildman–Crippen MR) is 67.9 cm³/mol. The molecular weight excluding hydrogens is 214 g/mol. The quantitative estimate of drug-likeness (QED) is 0.737. The lowest BCUT2D eigenvalue weighted by Gasteiger charge is -2.37. The first kappa shape index (κ1) is 12.7. The molecule has 98 valence electrons. The molecule has 1 heterocycles. The van der Waals surface area contributed by atoms with Crippen LogP contribution in [0, 0.1) is 5.92 Å². The van der Waals surface area contributed by atoms with Crippen molar-refractivity contribution in [3.05, 3.63) is 0 Å². The number of carbonyl (C=O) groups is 1. The Balaban J connectivity index is 1.88. The van der Waals surface area contributed by atoms with Crippen LogP contribution < -0.4 is 0 Å². The van der Waals surface area contributed by atoms with Crippen molar-refractivity contribution in [2.24, 2.45) is 5.92 Å². The number of amides is 1. The van der Waals surface area contributed by atoms with Gasteiger partial charge in [0.2, 0.25) is 0 Å². The molecule has 1 amide bonds. The molecule has 1 aliphatic carbocycles. The first-order valence-corrected chi connectivity index (χ1v) is 7.07. The average molecular weight is 239 g/mol. The molecule has 0 atom stereocenters. The molecule has 1 saturated heterocycles. The smallest absolute Gasteiger partial charge is 0.410 e. The minimum atomic E-state index is -0.292. The van der Waals surface area contributed by atoms with Crippen molar-refractivity contribution in [3.8, 4) is 0 Å². The second-order valence-corrected chi connectivity index (χ2v) is 6.00. The molecule has 2 aliphatic rings. The summed E-state index contributed by atoms with van der Waals surface area (Å²) in [6.07, 6.45) is 8.48. The highest BCUT2D eigenvalue weighted by atomic mass is 16.6. The summed E-state index contributed by atoms with van der Waals surface area (Å²) in [7, 11) is 0. The maximum Gasteiger partial charge on any atom is 0.410 e. The second kappa shape index (κ2) is 5.28. The zero-order valence-corrected chi connectivity index (χ0v) is 11.2. The lowest BCUT2D eigenvalue weighted by Crippen LogP contribution is -2.42. The number of carbonyl (C=O) groups excluding carboxylic acids is 1. The van der Waals surface area contributed by atoms with Crippen LogP contribution in [0.3, 0.4) is 0 Å². The number of likely N-dealkylation sites (tertiary alicyclic amines) is 1. The third-order valence-electron chi connectivity index (χ3n) is 4.30. The first-order chi connectivity index (χ1) is 8.09. The van der Waals surface area contributed by atoms with Crippen molar-refractivity contribution in [1.82, 2.24) is 4.90 Å². The van der Waals surface area contributed by atoms with Gasteiger partial charge in [0.25, 0.3) is 0 Å². The summed E-state index contributed by atoms with van der Waals surface area (Å²) in [6, 6.07) is 0. The Hall–Kier alpha value is -0.730. The summed E-state index contributed by atoms with van der Waals surface area (Å²) in [4.78, 5) is 13.9. The van der Waals surface area contributed by atoms with E-state index in [1.54, 1.807) is 0 Å². The van der Waals surface area contributed by atoms with Gasteiger partial charge in [0.05, 0.1) is 0 Å². The van der Waals surface area contributed by atoms with Gasteiger partial charge in [-0.25, -0.2) is 4.79 Å². The third-order valence-corrected chi connectivity index (χ3v) is 4.30. The third kappa shape index (κ3) is 3.14. The van der Waals surface area contributed by atoms with Crippen molar-refractivity contribution >= 4 is 6.09 Å². The molecule has 3 nitrogen and oxygen atoms in total. The number of hydrogen-bond acceptors (Lipinski definition) is 2. The van der Waals surface area contributed by atoms with Crippen molar-refractivity contribution in [1.29, 1.82) is 0 Å². The summed E-state index contributed by atoms with van der Waals surface area (Å²) in [5.41, 5.74) is -0.292. The van der Waals surface area contributed by atoms with Crippen LogP contribution in [-0.4, -0.2) is 29.7 Å². The topological polar surface area (TPSA) is 29.5 Å². The highest BCUT2D eigenvalue weighted by molar-refractivity contribution is 5.68. The van der Waals surface area contributed by atoms with Crippen LogP contribution in [0.4, 0.5) is 4.79 Å². The van der Waals surface area contributed by atoms with Crippen LogP contribution >= 0.6 is 0 Å². The monoisotopic (exact) mass is 239 g/mol. The van der Waals surface area contributed by atoms with E-state index in [9.17, 15) is 4.79 Å². The minimum absolute atomic E-state index is 0.0990. The van der Waals surface area contributed by atoms with Gasteiger partial charge in [-0.05, 0) is 45.4 Å². The standard InChI is InChI=1S/C14H25NO2/c1-14(2,12-8-4-3-5-9-12)17-13(16)15-10-6-7-11-15/h12H,3-11H2,1-2H3. The highest BCUT2D eigenvalue weighted by Gasteiger charge is 2.35. The van der Waals surface area contributed by atoms with Gasteiger partial charge in [-0.15, -0.1) is 0 Å². The SMILES string of the molecule is CC(C)(OC(=O)N1CCCC1)C1CCCCC1. The Labute approximate surface area is 105 Å². The van der Waals surface area contributed by atoms with Crippen molar-refractivity contribution in [2.75, 3.05) is 13.1 Å². The van der Waals surface area contributed by atoms with Gasteiger partial charge < -0.3 is 9.64 Å². The van der Waals surface area contributed by atoms with Crippen LogP contribution in [0.2, 0.25) is 0 Å². The predicted octanol–water partition coefficient (Wildman–Crippen LogP) is 3.58. The van der Waals surface area contributed by atoms with E-state index in [0.29, 0.717) is 5.92 Å². The number of hydrogen-bond donors (Lipinski definition) is 0. The molecule has 0 bridgehead atoms. The Morgan fingerprint density at radius 3 is 2.24 bits per heavy atom. The molecule has 0 aromatic rings. The maximum absolute atomic E-state index is 12.0. The van der Waals surface area contributed by atoms with Crippen molar-refractivity contribution in [3.63, 3.8) is 0 Å². The fourth-order valence-corrected chi connectivity index (χ4v) is 3.07. The van der Waals surface area contributed by atoms with Gasteiger partial charge in [-0.1, -0.05) is 19.3 Å². The second-order valence-electron chi connectivity index (χ2n) is 6.00. The van der Waals surface area contributed by atoms with E-state index in [0.717, 1.165) is 25.9 Å². The summed E-state index contributed by atoms with van der Waals surface area (Å²) >= 11 is 0. The van der Waals surface area contributed by atoms with Gasteiger partial charge in [0.1, 0.15) is 5.60 Å². The fraction of sp³-hybridized carbons (Fsp3) is 0.929. The van der Waals surface area contributed by atoms with Gasteiger partial charge in [0.15, 0.2) is 0 Å². The zero-order chi connectivity index (χ0) is 12.3. The molecule has 0 aromatic carbocycles. The van der Waals surface area contributed by atoms with Crippen LogP contribution in [-0.2, 0) is 4.74 Å². The minimum Gasteiger partial charge on any atom is -0.443 e. The van der Waals surface area contributed by atoms with Crippen molar-refractivity contribution in [2.45, 2.75) is 64.4 Å². The van der Waals surface area contributed by atoms with E-state index >= 15 is 0 Å². The summed E-state index contributed by atoms with van der Waals surface area (Å²) < 4.78 is 5.75. The zero-order valence-electron chi connectivity index (χ0n) is 11.2. The highest BCUT2D eigenvalue weighted by Crippen LogP contribution is 2.35. The summed E-state index contributed by atoms with van der Waals surface area (Å²) in [5.74, 6) is 0.544. The number of rotatable bonds is 2. The molecule has 0 spiro atoms. The van der Waals surface area contributed by atoms with Crippen LogP contribution in [0.5, 0.6) is 0 Å². The van der Waals surface area contributed by atoms with Crippen LogP contribution in [0.25, 0.3) is 0 Å². The van der Waals surface area contributed by atoms with Crippen LogP contribution in [0.1, 0.15) is 58.8 Å². The lowest BCUT2D eigenvalue weighted by molar-refractivity contribution is -0.0323. The summed E-state index contributed by atoms with van der Waals surface area (Å²) in [6.45, 7) is 5.91. The molecule has 0 radical (unpaired) electrons. The lowest BCUT2D eigenvalue weighted by atomic mass is 9.79. The molecule has 2 fully saturated rings. The largest absolute Gasteiger partial charge is 0.443 e. The van der Waals surface area contributed by atoms with E-state index < -0.39 is 0 Å². The molecule has 0 aromatic heterocycles. The van der Waals surface area contributed by atoms with Gasteiger partial charge in [0, 0.05) is 13.1 Å². The summed E-state index contributed by atoms with van der Waals surface area (Å²) in [5, 5.41) is 0.